The summed E-state index contributed by atoms with van der Waals surface area (Å²) in [6, 6.07) is 22.2. The van der Waals surface area contributed by atoms with Crippen molar-refractivity contribution in [1.82, 2.24) is 15.0 Å². The number of sulfonamides is 1. The number of ether oxygens (including phenoxy) is 1. The van der Waals surface area contributed by atoms with E-state index in [4.69, 9.17) is 10.5 Å². The van der Waals surface area contributed by atoms with Gasteiger partial charge in [0.25, 0.3) is 5.91 Å². The Morgan fingerprint density at radius 1 is 1.00 bits per heavy atom. The van der Waals surface area contributed by atoms with E-state index in [1.54, 1.807) is 17.3 Å². The van der Waals surface area contributed by atoms with Gasteiger partial charge in [0.1, 0.15) is 12.4 Å². The molecule has 4 aromatic rings. The van der Waals surface area contributed by atoms with Crippen molar-refractivity contribution >= 4 is 26.8 Å². The Morgan fingerprint density at radius 2 is 1.69 bits per heavy atom. The van der Waals surface area contributed by atoms with Gasteiger partial charge in [-0.2, -0.15) is 0 Å². The lowest BCUT2D eigenvalue weighted by Gasteiger charge is -2.31. The summed E-state index contributed by atoms with van der Waals surface area (Å²) < 4.78 is 32.4. The molecule has 0 aliphatic carbocycles. The van der Waals surface area contributed by atoms with E-state index >= 15 is 0 Å². The molecule has 39 heavy (non-hydrogen) atoms. The Labute approximate surface area is 230 Å². The van der Waals surface area contributed by atoms with Gasteiger partial charge in [0, 0.05) is 24.7 Å². The van der Waals surface area contributed by atoms with Gasteiger partial charge in [0.05, 0.1) is 16.8 Å². The topological polar surface area (TPSA) is 103 Å². The second kappa shape index (κ2) is 11.6. The second-order valence-corrected chi connectivity index (χ2v) is 12.3. The molecule has 8 heteroatoms. The first kappa shape index (κ1) is 27.0. The number of piperidine rings is 1. The molecule has 1 saturated heterocycles. The number of H-pyrrole nitrogens is 1. The molecule has 3 aromatic carbocycles. The number of amides is 1. The minimum Gasteiger partial charge on any atom is -0.489 e. The third-order valence-corrected chi connectivity index (χ3v) is 9.61. The van der Waals surface area contributed by atoms with Gasteiger partial charge in [-0.05, 0) is 72.9 Å². The molecule has 0 bridgehead atoms. The van der Waals surface area contributed by atoms with Crippen LogP contribution >= 0.6 is 0 Å². The number of aryl methyl sites for hydroxylation is 2. The third-order valence-electron chi connectivity index (χ3n) is 7.73. The second-order valence-electron chi connectivity index (χ2n) is 10.1. The van der Waals surface area contributed by atoms with Crippen LogP contribution in [0.4, 0.5) is 0 Å². The van der Waals surface area contributed by atoms with Crippen LogP contribution in [0.3, 0.4) is 0 Å². The lowest BCUT2D eigenvalue weighted by Crippen LogP contribution is -2.38. The highest BCUT2D eigenvalue weighted by Gasteiger charge is 2.29. The summed E-state index contributed by atoms with van der Waals surface area (Å²) >= 11 is 0. The molecule has 1 aromatic heterocycles. The fraction of sp³-hybridized carbons (Fsp3) is 0.323. The summed E-state index contributed by atoms with van der Waals surface area (Å²) in [4.78, 5) is 15.5. The van der Waals surface area contributed by atoms with Crippen molar-refractivity contribution < 1.29 is 17.9 Å². The molecule has 5 rings (SSSR count). The SMILES string of the molecule is CCS(=O)(=O)N1CCC(c2c[nH]c3c(C([NH])=O)cc(OCc4ccccc4CCc4ccccc4)cc23)CC1. The van der Waals surface area contributed by atoms with E-state index < -0.39 is 15.9 Å². The molecule has 1 amide bonds. The molecule has 0 unspecified atom stereocenters. The molecule has 1 aliphatic heterocycles. The van der Waals surface area contributed by atoms with Gasteiger partial charge in [-0.25, -0.2) is 12.7 Å². The predicted molar refractivity (Wildman–Crippen MR) is 153 cm³/mol. The molecule has 1 aliphatic rings. The van der Waals surface area contributed by atoms with Gasteiger partial charge in [-0.3, -0.25) is 10.5 Å². The van der Waals surface area contributed by atoms with Gasteiger partial charge in [0.15, 0.2) is 0 Å². The molecule has 0 saturated carbocycles. The van der Waals surface area contributed by atoms with Crippen molar-refractivity contribution in [1.29, 1.82) is 0 Å². The quantitative estimate of drug-likeness (QED) is 0.285. The van der Waals surface area contributed by atoms with E-state index in [2.05, 4.69) is 41.4 Å². The van der Waals surface area contributed by atoms with Crippen molar-refractivity contribution in [3.63, 3.8) is 0 Å². The van der Waals surface area contributed by atoms with Gasteiger partial charge in [-0.1, -0.05) is 54.6 Å². The Bertz CT molecular complexity index is 1560. The number of nitrogens with zero attached hydrogens (tertiary/aromatic N) is 1. The number of rotatable bonds is 10. The highest BCUT2D eigenvalue weighted by molar-refractivity contribution is 7.89. The molecular formula is C31H34N3O4S. The van der Waals surface area contributed by atoms with Crippen LogP contribution in [0.1, 0.15) is 58.3 Å². The van der Waals surface area contributed by atoms with Crippen LogP contribution in [0.25, 0.3) is 10.9 Å². The highest BCUT2D eigenvalue weighted by Crippen LogP contribution is 2.37. The maximum absolute atomic E-state index is 12.3. The standard InChI is InChI=1S/C31H34N3O4S/c1-2-39(36,37)34-16-14-24(15-17-34)29-20-33-30-27(29)18-26(19-28(30)31(32)35)38-21-25-11-7-6-10-23(25)13-12-22-8-4-3-5-9-22/h3-11,18-20,24,32-33H,2,12-17,21H2,1H3. The van der Waals surface area contributed by atoms with Crippen LogP contribution in [0.2, 0.25) is 0 Å². The van der Waals surface area contributed by atoms with Gasteiger partial charge >= 0.3 is 0 Å². The molecule has 7 nitrogen and oxygen atoms in total. The Morgan fingerprint density at radius 3 is 2.38 bits per heavy atom. The molecule has 203 valence electrons. The molecular weight excluding hydrogens is 510 g/mol. The Kier molecular flexibility index (Phi) is 8.04. The fourth-order valence-corrected chi connectivity index (χ4v) is 6.61. The number of fused-ring (bicyclic) bond motifs is 1. The normalized spacial score (nSPS) is 15.0. The lowest BCUT2D eigenvalue weighted by molar-refractivity contribution is 0.0993. The van der Waals surface area contributed by atoms with E-state index in [1.165, 1.54) is 11.1 Å². The van der Waals surface area contributed by atoms with E-state index in [-0.39, 0.29) is 17.2 Å². The molecule has 1 radical (unpaired) electrons. The van der Waals surface area contributed by atoms with Crippen molar-refractivity contribution in [2.24, 2.45) is 0 Å². The van der Waals surface area contributed by atoms with E-state index in [1.807, 2.05) is 30.5 Å². The summed E-state index contributed by atoms with van der Waals surface area (Å²) in [6.07, 6.45) is 5.14. The minimum absolute atomic E-state index is 0.107. The maximum Gasteiger partial charge on any atom is 0.271 e. The van der Waals surface area contributed by atoms with Gasteiger partial charge in [0.2, 0.25) is 10.0 Å². The number of hydrogen-bond donors (Lipinski definition) is 1. The van der Waals surface area contributed by atoms with Crippen molar-refractivity contribution in [3.8, 4) is 5.75 Å². The zero-order chi connectivity index (χ0) is 27.4. The molecule has 1 fully saturated rings. The van der Waals surface area contributed by atoms with Crippen LogP contribution < -0.4 is 10.5 Å². The average molecular weight is 545 g/mol. The Balaban J connectivity index is 1.36. The lowest BCUT2D eigenvalue weighted by atomic mass is 9.89. The van der Waals surface area contributed by atoms with Crippen LogP contribution in [-0.4, -0.2) is 42.5 Å². The summed E-state index contributed by atoms with van der Waals surface area (Å²) in [6.45, 7) is 2.99. The molecule has 2 N–H and O–H groups in total. The first-order valence-electron chi connectivity index (χ1n) is 13.5. The number of aromatic nitrogens is 1. The largest absolute Gasteiger partial charge is 0.489 e. The molecule has 2 heterocycles. The molecule has 0 spiro atoms. The minimum atomic E-state index is -3.20. The van der Waals surface area contributed by atoms with Crippen molar-refractivity contribution in [3.05, 3.63) is 101 Å². The van der Waals surface area contributed by atoms with Crippen LogP contribution in [-0.2, 0) is 29.5 Å². The van der Waals surface area contributed by atoms with Crippen LogP contribution in [0.5, 0.6) is 5.75 Å². The predicted octanol–water partition coefficient (Wildman–Crippen LogP) is 5.48. The smallest absolute Gasteiger partial charge is 0.271 e. The summed E-state index contributed by atoms with van der Waals surface area (Å²) in [5, 5.41) is 0.859. The number of carbonyl (C=O) groups excluding carboxylic acids is 1. The van der Waals surface area contributed by atoms with Gasteiger partial charge in [-0.15, -0.1) is 0 Å². The fourth-order valence-electron chi connectivity index (χ4n) is 5.48. The first-order chi connectivity index (χ1) is 18.9. The number of nitrogens with one attached hydrogen (secondary N) is 2. The maximum atomic E-state index is 12.3. The number of hydrogen-bond acceptors (Lipinski definition) is 4. The zero-order valence-electron chi connectivity index (χ0n) is 22.2. The van der Waals surface area contributed by atoms with Crippen molar-refractivity contribution in [2.45, 2.75) is 45.1 Å². The third kappa shape index (κ3) is 6.02. The zero-order valence-corrected chi connectivity index (χ0v) is 23.0. The van der Waals surface area contributed by atoms with E-state index in [0.29, 0.717) is 43.8 Å². The monoisotopic (exact) mass is 544 g/mol. The number of aromatic amines is 1. The van der Waals surface area contributed by atoms with Gasteiger partial charge < -0.3 is 9.72 Å². The average Bonchev–Trinajstić information content (AvgIpc) is 3.39. The van der Waals surface area contributed by atoms with E-state index in [0.717, 1.165) is 29.4 Å². The highest BCUT2D eigenvalue weighted by atomic mass is 32.2. The Hall–Kier alpha value is -3.62. The van der Waals surface area contributed by atoms with Crippen molar-refractivity contribution in [2.75, 3.05) is 18.8 Å². The molecule has 0 atom stereocenters. The first-order valence-corrected chi connectivity index (χ1v) is 15.1. The summed E-state index contributed by atoms with van der Waals surface area (Å²) in [5.41, 5.74) is 13.4. The van der Waals surface area contributed by atoms with Crippen LogP contribution in [0, 0.1) is 0 Å². The summed E-state index contributed by atoms with van der Waals surface area (Å²) in [5.74, 6) is 0.0361. The number of benzene rings is 3. The number of carbonyl (C=O) groups is 1. The summed E-state index contributed by atoms with van der Waals surface area (Å²) in [7, 11) is -3.20. The van der Waals surface area contributed by atoms with E-state index in [9.17, 15) is 13.2 Å². The van der Waals surface area contributed by atoms with Crippen LogP contribution in [0.15, 0.2) is 72.9 Å².